The molecule has 0 aliphatic carbocycles. The molecule has 4 nitrogen and oxygen atoms in total. The van der Waals surface area contributed by atoms with Crippen molar-refractivity contribution in [2.45, 2.75) is 24.5 Å². The highest BCUT2D eigenvalue weighted by molar-refractivity contribution is 8.26. The Labute approximate surface area is 126 Å². The highest BCUT2D eigenvalue weighted by Crippen LogP contribution is 2.31. The molecule has 0 saturated heterocycles. The Bertz CT molecular complexity index is 566. The fourth-order valence-electron chi connectivity index (χ4n) is 1.43. The zero-order valence-electron chi connectivity index (χ0n) is 10.8. The van der Waals surface area contributed by atoms with Gasteiger partial charge in [0, 0.05) is 12.0 Å². The second-order valence-electron chi connectivity index (χ2n) is 4.32. The molecule has 0 spiro atoms. The first-order valence-electron chi connectivity index (χ1n) is 5.84. The predicted octanol–water partition coefficient (Wildman–Crippen LogP) is 3.08. The molecule has 1 aromatic rings. The number of hydrogen-bond acceptors (Lipinski definition) is 5. The minimum absolute atomic E-state index is 0.0747. The van der Waals surface area contributed by atoms with Gasteiger partial charge in [-0.15, -0.1) is 0 Å². The number of aliphatic carboxylic acids is 1. The summed E-state index contributed by atoms with van der Waals surface area (Å²) in [4.78, 5) is 22.7. The molecule has 1 N–H and O–H groups in total. The highest BCUT2D eigenvalue weighted by atomic mass is 32.2. The van der Waals surface area contributed by atoms with Crippen LogP contribution in [0.2, 0.25) is 0 Å². The standard InChI is InChI=1S/C14H13NO3S2/c1-14(9-15,8-7-11(16)17)20-13(19)12(18)10-5-3-2-4-6-10/h2-6H,7-8H2,1H3,(H,16,17). The van der Waals surface area contributed by atoms with Crippen LogP contribution in [0, 0.1) is 11.3 Å². The van der Waals surface area contributed by atoms with Gasteiger partial charge in [-0.3, -0.25) is 9.59 Å². The number of rotatable bonds is 6. The molecule has 1 aromatic carbocycles. The fraction of sp³-hybridized carbons (Fsp3) is 0.286. The predicted molar refractivity (Wildman–Crippen MR) is 81.8 cm³/mol. The zero-order chi connectivity index (χ0) is 15.2. The van der Waals surface area contributed by atoms with Crippen LogP contribution in [0.4, 0.5) is 0 Å². The Balaban J connectivity index is 2.75. The normalized spacial score (nSPS) is 13.0. The summed E-state index contributed by atoms with van der Waals surface area (Å²) in [7, 11) is 0. The van der Waals surface area contributed by atoms with Crippen LogP contribution in [0.25, 0.3) is 0 Å². The molecule has 0 radical (unpaired) electrons. The number of carboxylic acid groups (broad SMARTS) is 1. The Hall–Kier alpha value is -1.71. The fourth-order valence-corrected chi connectivity index (χ4v) is 2.97. The van der Waals surface area contributed by atoms with Gasteiger partial charge in [0.05, 0.1) is 6.07 Å². The number of thioether (sulfide) groups is 1. The van der Waals surface area contributed by atoms with Crippen molar-refractivity contribution in [3.05, 3.63) is 35.9 Å². The quantitative estimate of drug-likeness (QED) is 0.643. The van der Waals surface area contributed by atoms with Crippen LogP contribution in [0.1, 0.15) is 30.1 Å². The molecular weight excluding hydrogens is 294 g/mol. The SMILES string of the molecule is CC(C#N)(CCC(=O)O)SC(=S)C(=O)c1ccccc1. The third-order valence-electron chi connectivity index (χ3n) is 2.59. The number of benzene rings is 1. The van der Waals surface area contributed by atoms with Crippen molar-refractivity contribution in [3.63, 3.8) is 0 Å². The minimum Gasteiger partial charge on any atom is -0.481 e. The summed E-state index contributed by atoms with van der Waals surface area (Å²) in [5.74, 6) is -1.30. The number of Topliss-reactive ketones (excluding diaryl/α,β-unsaturated/α-hetero) is 1. The molecule has 0 fully saturated rings. The van der Waals surface area contributed by atoms with Gasteiger partial charge >= 0.3 is 5.97 Å². The Morgan fingerprint density at radius 3 is 2.50 bits per heavy atom. The molecule has 20 heavy (non-hydrogen) atoms. The summed E-state index contributed by atoms with van der Waals surface area (Å²) in [5, 5.41) is 17.8. The van der Waals surface area contributed by atoms with E-state index in [0.717, 1.165) is 11.8 Å². The van der Waals surface area contributed by atoms with Gasteiger partial charge in [-0.05, 0) is 13.3 Å². The molecule has 1 unspecified atom stereocenters. The Morgan fingerprint density at radius 2 is 2.00 bits per heavy atom. The maximum Gasteiger partial charge on any atom is 0.303 e. The first kappa shape index (κ1) is 16.3. The van der Waals surface area contributed by atoms with E-state index in [-0.39, 0.29) is 22.8 Å². The summed E-state index contributed by atoms with van der Waals surface area (Å²) in [6.45, 7) is 1.59. The van der Waals surface area contributed by atoms with E-state index in [0.29, 0.717) is 5.56 Å². The Morgan fingerprint density at radius 1 is 1.40 bits per heavy atom. The summed E-state index contributed by atoms with van der Waals surface area (Å²) in [6, 6.07) is 10.6. The molecule has 0 saturated carbocycles. The van der Waals surface area contributed by atoms with Crippen molar-refractivity contribution in [1.29, 1.82) is 5.26 Å². The monoisotopic (exact) mass is 307 g/mol. The van der Waals surface area contributed by atoms with Crippen LogP contribution < -0.4 is 0 Å². The number of nitrogens with zero attached hydrogens (tertiary/aromatic N) is 1. The van der Waals surface area contributed by atoms with E-state index >= 15 is 0 Å². The van der Waals surface area contributed by atoms with Crippen molar-refractivity contribution in [2.24, 2.45) is 0 Å². The van der Waals surface area contributed by atoms with Gasteiger partial charge in [0.15, 0.2) is 0 Å². The first-order valence-corrected chi connectivity index (χ1v) is 7.06. The molecule has 0 aliphatic heterocycles. The maximum absolute atomic E-state index is 12.1. The number of thiocarbonyl (C=S) groups is 1. The van der Waals surface area contributed by atoms with E-state index in [1.807, 2.05) is 6.07 Å². The van der Waals surface area contributed by atoms with Gasteiger partial charge in [-0.1, -0.05) is 54.3 Å². The smallest absolute Gasteiger partial charge is 0.303 e. The third-order valence-corrected chi connectivity index (χ3v) is 4.14. The van der Waals surface area contributed by atoms with Crippen molar-refractivity contribution in [2.75, 3.05) is 0 Å². The van der Waals surface area contributed by atoms with Gasteiger partial charge in [0.2, 0.25) is 5.78 Å². The van der Waals surface area contributed by atoms with Crippen LogP contribution in [0.15, 0.2) is 30.3 Å². The molecule has 6 heteroatoms. The number of carbonyl (C=O) groups excluding carboxylic acids is 1. The molecule has 0 amide bonds. The van der Waals surface area contributed by atoms with Gasteiger partial charge in [-0.2, -0.15) is 5.26 Å². The molecule has 1 atom stereocenters. The van der Waals surface area contributed by atoms with Crippen LogP contribution in [-0.4, -0.2) is 25.8 Å². The van der Waals surface area contributed by atoms with E-state index in [1.54, 1.807) is 37.3 Å². The topological polar surface area (TPSA) is 78.2 Å². The average Bonchev–Trinajstić information content (AvgIpc) is 2.45. The van der Waals surface area contributed by atoms with E-state index in [2.05, 4.69) is 0 Å². The van der Waals surface area contributed by atoms with E-state index in [9.17, 15) is 9.59 Å². The molecule has 104 valence electrons. The number of ketones is 1. The molecule has 0 heterocycles. The first-order chi connectivity index (χ1) is 9.38. The summed E-state index contributed by atoms with van der Waals surface area (Å²) >= 11 is 6.02. The van der Waals surface area contributed by atoms with Crippen molar-refractivity contribution >= 4 is 39.9 Å². The second kappa shape index (κ2) is 7.17. The summed E-state index contributed by atoms with van der Waals surface area (Å²) in [5.41, 5.74) is 0.462. The lowest BCUT2D eigenvalue weighted by Crippen LogP contribution is -2.23. The van der Waals surface area contributed by atoms with Gasteiger partial charge in [-0.25, -0.2) is 0 Å². The second-order valence-corrected chi connectivity index (χ2v) is 6.50. The minimum atomic E-state index is -1.01. The summed E-state index contributed by atoms with van der Waals surface area (Å²) < 4.78 is -0.939. The third kappa shape index (κ3) is 4.76. The van der Waals surface area contributed by atoms with Crippen molar-refractivity contribution < 1.29 is 14.7 Å². The lowest BCUT2D eigenvalue weighted by molar-refractivity contribution is -0.137. The van der Waals surface area contributed by atoms with E-state index < -0.39 is 10.7 Å². The molecule has 0 aromatic heterocycles. The van der Waals surface area contributed by atoms with Crippen molar-refractivity contribution in [3.8, 4) is 6.07 Å². The number of nitriles is 1. The van der Waals surface area contributed by atoms with E-state index in [1.165, 1.54) is 0 Å². The average molecular weight is 307 g/mol. The molecular formula is C14H13NO3S2. The maximum atomic E-state index is 12.1. The number of carboxylic acids is 1. The summed E-state index contributed by atoms with van der Waals surface area (Å²) in [6.07, 6.45) is -0.00902. The largest absolute Gasteiger partial charge is 0.481 e. The lowest BCUT2D eigenvalue weighted by Gasteiger charge is -2.19. The van der Waals surface area contributed by atoms with Crippen LogP contribution in [0.3, 0.4) is 0 Å². The van der Waals surface area contributed by atoms with Crippen molar-refractivity contribution in [1.82, 2.24) is 0 Å². The highest BCUT2D eigenvalue weighted by Gasteiger charge is 2.30. The molecule has 0 aliphatic rings. The van der Waals surface area contributed by atoms with Crippen LogP contribution in [0.5, 0.6) is 0 Å². The zero-order valence-corrected chi connectivity index (χ0v) is 12.5. The number of carbonyl (C=O) groups is 2. The van der Waals surface area contributed by atoms with Crippen LogP contribution >= 0.6 is 24.0 Å². The lowest BCUT2D eigenvalue weighted by atomic mass is 10.1. The number of hydrogen-bond donors (Lipinski definition) is 1. The van der Waals surface area contributed by atoms with Gasteiger partial charge in [0.1, 0.15) is 8.94 Å². The molecule has 0 bridgehead atoms. The van der Waals surface area contributed by atoms with Gasteiger partial charge in [0.25, 0.3) is 0 Å². The van der Waals surface area contributed by atoms with E-state index in [4.69, 9.17) is 22.6 Å². The Kier molecular flexibility index (Phi) is 5.86. The van der Waals surface area contributed by atoms with Gasteiger partial charge < -0.3 is 5.11 Å². The van der Waals surface area contributed by atoms with Crippen LogP contribution in [-0.2, 0) is 4.79 Å². The molecule has 1 rings (SSSR count).